The average Bonchev–Trinajstić information content (AvgIpc) is 1.89. The van der Waals surface area contributed by atoms with E-state index in [1.807, 2.05) is 0 Å². The van der Waals surface area contributed by atoms with Crippen molar-refractivity contribution in [1.29, 1.82) is 0 Å². The zero-order chi connectivity index (χ0) is 9.11. The maximum absolute atomic E-state index is 9.85. The van der Waals surface area contributed by atoms with Gasteiger partial charge in [0.15, 0.2) is 0 Å². The van der Waals surface area contributed by atoms with Crippen molar-refractivity contribution in [2.75, 3.05) is 0 Å². The number of aliphatic carboxylic acids is 1. The molecule has 0 aliphatic rings. The number of hydrogen-bond acceptors (Lipinski definition) is 1. The Hall–Kier alpha value is 1.11. The Morgan fingerprint density at radius 1 is 1.21 bits per heavy atom. The molecule has 0 aromatic carbocycles. The molecule has 0 saturated carbocycles. The van der Waals surface area contributed by atoms with Gasteiger partial charge in [-0.2, -0.15) is 6.42 Å². The van der Waals surface area contributed by atoms with Gasteiger partial charge in [-0.15, -0.1) is 0 Å². The fourth-order valence-corrected chi connectivity index (χ4v) is 0.453. The first-order chi connectivity index (χ1) is 5.18. The van der Waals surface area contributed by atoms with Crippen molar-refractivity contribution in [3.8, 4) is 0 Å². The minimum atomic E-state index is -0.710. The van der Waals surface area contributed by atoms with Crippen LogP contribution in [0.5, 0.6) is 0 Å². The SMILES string of the molecule is CCC.[CH2-]CCCCC(=O)O.[CH3-].[CH3-].[K+]. The third-order valence-electron chi connectivity index (χ3n) is 0.891. The smallest absolute Gasteiger partial charge is 0.481 e. The van der Waals surface area contributed by atoms with E-state index in [1.165, 1.54) is 6.42 Å². The first kappa shape index (κ1) is 29.4. The molecule has 1 N–H and O–H groups in total. The van der Waals surface area contributed by atoms with Crippen LogP contribution in [0.1, 0.15) is 46.0 Å². The van der Waals surface area contributed by atoms with Crippen molar-refractivity contribution in [2.24, 2.45) is 0 Å². The first-order valence-electron chi connectivity index (χ1n) is 4.20. The van der Waals surface area contributed by atoms with Crippen molar-refractivity contribution >= 4 is 5.97 Å². The van der Waals surface area contributed by atoms with Gasteiger partial charge in [0, 0.05) is 6.42 Å². The molecule has 0 aliphatic heterocycles. The normalized spacial score (nSPS) is 6.50. The third kappa shape index (κ3) is 51.5. The van der Waals surface area contributed by atoms with E-state index >= 15 is 0 Å². The number of hydrogen-bond donors (Lipinski definition) is 1. The number of carboxylic acids is 1. The molecule has 0 bridgehead atoms. The van der Waals surface area contributed by atoms with Crippen LogP contribution in [-0.2, 0) is 4.79 Å². The molecule has 2 nitrogen and oxygen atoms in total. The van der Waals surface area contributed by atoms with Gasteiger partial charge in [0.05, 0.1) is 0 Å². The van der Waals surface area contributed by atoms with Gasteiger partial charge in [0.1, 0.15) is 0 Å². The van der Waals surface area contributed by atoms with Crippen molar-refractivity contribution in [2.45, 2.75) is 46.0 Å². The molecule has 3 heteroatoms. The summed E-state index contributed by atoms with van der Waals surface area (Å²) < 4.78 is 0. The zero-order valence-electron chi connectivity index (χ0n) is 10.6. The molecule has 0 atom stereocenters. The molecular weight excluding hydrogens is 203 g/mol. The van der Waals surface area contributed by atoms with E-state index < -0.39 is 5.97 Å². The standard InChI is InChI=1S/C6H11O2.C3H8.2CH3.K/c1-2-3-4-5-6(7)8;1-3-2;;;/h1-5H2,(H,7,8);3H2,1-2H3;2*1H3;/q-1;;2*-1;+1. The van der Waals surface area contributed by atoms with Gasteiger partial charge in [0.25, 0.3) is 0 Å². The van der Waals surface area contributed by atoms with E-state index in [1.54, 1.807) is 0 Å². The summed E-state index contributed by atoms with van der Waals surface area (Å²) in [6.07, 6.45) is 4.06. The predicted octanol–water partition coefficient (Wildman–Crippen LogP) is 0.786. The van der Waals surface area contributed by atoms with Gasteiger partial charge in [-0.3, -0.25) is 4.79 Å². The topological polar surface area (TPSA) is 37.3 Å². The quantitative estimate of drug-likeness (QED) is 0.439. The van der Waals surface area contributed by atoms with Gasteiger partial charge >= 0.3 is 57.4 Å². The summed E-state index contributed by atoms with van der Waals surface area (Å²) in [6, 6.07) is 0. The minimum absolute atomic E-state index is 0. The van der Waals surface area contributed by atoms with Crippen LogP contribution >= 0.6 is 0 Å². The Morgan fingerprint density at radius 2 is 1.57 bits per heavy atom. The van der Waals surface area contributed by atoms with Crippen molar-refractivity contribution < 1.29 is 61.3 Å². The molecule has 0 heterocycles. The summed E-state index contributed by atoms with van der Waals surface area (Å²) in [6.45, 7) is 7.84. The van der Waals surface area contributed by atoms with E-state index in [-0.39, 0.29) is 72.7 Å². The molecule has 0 saturated heterocycles. The van der Waals surface area contributed by atoms with Crippen LogP contribution in [0.4, 0.5) is 0 Å². The Bertz CT molecular complexity index is 85.4. The minimum Gasteiger partial charge on any atom is -0.481 e. The van der Waals surface area contributed by atoms with Gasteiger partial charge in [-0.25, -0.2) is 0 Å². The molecule has 0 amide bonds. The Kier molecular flexibility index (Phi) is 61.4. The summed E-state index contributed by atoms with van der Waals surface area (Å²) in [4.78, 5) is 9.85. The summed E-state index contributed by atoms with van der Waals surface area (Å²) in [5.41, 5.74) is 0. The Labute approximate surface area is 133 Å². The Balaban J connectivity index is -0.0000000405. The van der Waals surface area contributed by atoms with Crippen molar-refractivity contribution in [3.05, 3.63) is 21.8 Å². The number of unbranched alkanes of at least 4 members (excludes halogenated alkanes) is 2. The largest absolute Gasteiger partial charge is 1.00 e. The molecule has 0 aromatic rings. The molecule has 0 aliphatic carbocycles. The summed E-state index contributed by atoms with van der Waals surface area (Å²) in [5.74, 6) is -0.710. The molecule has 14 heavy (non-hydrogen) atoms. The number of rotatable bonds is 4. The van der Waals surface area contributed by atoms with E-state index in [0.717, 1.165) is 19.3 Å². The van der Waals surface area contributed by atoms with Crippen LogP contribution in [-0.4, -0.2) is 11.1 Å². The summed E-state index contributed by atoms with van der Waals surface area (Å²) in [7, 11) is 0. The molecule has 0 radical (unpaired) electrons. The summed E-state index contributed by atoms with van der Waals surface area (Å²) in [5, 5.41) is 8.12. The van der Waals surface area contributed by atoms with Gasteiger partial charge in [0.2, 0.25) is 0 Å². The fraction of sp³-hybridized carbons (Fsp3) is 0.636. The van der Waals surface area contributed by atoms with Gasteiger partial charge in [-0.05, 0) is 6.42 Å². The predicted molar refractivity (Wildman–Crippen MR) is 60.3 cm³/mol. The third-order valence-corrected chi connectivity index (χ3v) is 0.891. The molecule has 0 aromatic heterocycles. The van der Waals surface area contributed by atoms with Crippen LogP contribution in [0.25, 0.3) is 0 Å². The van der Waals surface area contributed by atoms with E-state index in [2.05, 4.69) is 20.8 Å². The van der Waals surface area contributed by atoms with Crippen LogP contribution in [0.15, 0.2) is 0 Å². The second kappa shape index (κ2) is 29.2. The van der Waals surface area contributed by atoms with Crippen LogP contribution in [0, 0.1) is 21.8 Å². The molecule has 84 valence electrons. The fourth-order valence-electron chi connectivity index (χ4n) is 0.453. The average molecular weight is 228 g/mol. The number of carboxylic acid groups (broad SMARTS) is 1. The molecule has 0 rings (SSSR count). The van der Waals surface area contributed by atoms with Crippen LogP contribution < -0.4 is 51.4 Å². The maximum Gasteiger partial charge on any atom is 1.00 e. The second-order valence-electron chi connectivity index (χ2n) is 2.41. The Morgan fingerprint density at radius 3 is 1.79 bits per heavy atom. The first-order valence-corrected chi connectivity index (χ1v) is 4.20. The van der Waals surface area contributed by atoms with Gasteiger partial charge in [-0.1, -0.05) is 26.7 Å². The molecular formula is C11H25KO2-2. The molecule has 0 spiro atoms. The monoisotopic (exact) mass is 228 g/mol. The van der Waals surface area contributed by atoms with E-state index in [0.29, 0.717) is 0 Å². The van der Waals surface area contributed by atoms with Crippen LogP contribution in [0.3, 0.4) is 0 Å². The maximum atomic E-state index is 9.85. The second-order valence-corrected chi connectivity index (χ2v) is 2.41. The van der Waals surface area contributed by atoms with Gasteiger partial charge < -0.3 is 26.9 Å². The van der Waals surface area contributed by atoms with Crippen molar-refractivity contribution in [1.82, 2.24) is 0 Å². The van der Waals surface area contributed by atoms with Crippen LogP contribution in [0.2, 0.25) is 0 Å². The molecule has 0 fully saturated rings. The molecule has 0 unspecified atom stereocenters. The van der Waals surface area contributed by atoms with E-state index in [9.17, 15) is 4.79 Å². The van der Waals surface area contributed by atoms with E-state index in [4.69, 9.17) is 5.11 Å². The summed E-state index contributed by atoms with van der Waals surface area (Å²) >= 11 is 0. The zero-order valence-corrected chi connectivity index (χ0v) is 13.7. The number of carbonyl (C=O) groups is 1. The van der Waals surface area contributed by atoms with Crippen molar-refractivity contribution in [3.63, 3.8) is 0 Å².